The number of aryl methyl sites for hydroxylation is 1. The van der Waals surface area contributed by atoms with E-state index in [1.807, 2.05) is 30.3 Å². The molecule has 0 radical (unpaired) electrons. The van der Waals surface area contributed by atoms with Crippen LogP contribution in [0.2, 0.25) is 0 Å². The third kappa shape index (κ3) is 1.74. The quantitative estimate of drug-likeness (QED) is 0.922. The van der Waals surface area contributed by atoms with Crippen LogP contribution in [0.25, 0.3) is 11.3 Å². The maximum absolute atomic E-state index is 11.6. The Morgan fingerprint density at radius 3 is 2.50 bits per heavy atom. The van der Waals surface area contributed by atoms with Crippen LogP contribution in [0.4, 0.5) is 0 Å². The number of carbonyl (C=O) groups is 2. The Labute approximate surface area is 115 Å². The minimum Gasteiger partial charge on any atom is -0.481 e. The van der Waals surface area contributed by atoms with Gasteiger partial charge in [0, 0.05) is 25.5 Å². The van der Waals surface area contributed by atoms with Crippen molar-refractivity contribution in [1.29, 1.82) is 0 Å². The van der Waals surface area contributed by atoms with E-state index in [4.69, 9.17) is 0 Å². The summed E-state index contributed by atoms with van der Waals surface area (Å²) in [5.74, 6) is -0.977. The van der Waals surface area contributed by atoms with Crippen molar-refractivity contribution in [3.63, 3.8) is 0 Å². The van der Waals surface area contributed by atoms with E-state index in [1.165, 1.54) is 0 Å². The van der Waals surface area contributed by atoms with E-state index in [9.17, 15) is 14.7 Å². The van der Waals surface area contributed by atoms with Gasteiger partial charge < -0.3 is 5.11 Å². The molecule has 0 spiro atoms. The van der Waals surface area contributed by atoms with Gasteiger partial charge in [0.15, 0.2) is 0 Å². The van der Waals surface area contributed by atoms with Gasteiger partial charge in [-0.15, -0.1) is 0 Å². The van der Waals surface area contributed by atoms with Gasteiger partial charge in [0.25, 0.3) is 0 Å². The van der Waals surface area contributed by atoms with Gasteiger partial charge in [-0.3, -0.25) is 14.3 Å². The molecule has 102 valence electrons. The highest BCUT2D eigenvalue weighted by Crippen LogP contribution is 2.42. The predicted octanol–water partition coefficient (Wildman–Crippen LogP) is 1.77. The number of hydrogen-bond donors (Lipinski definition) is 1. The summed E-state index contributed by atoms with van der Waals surface area (Å²) in [6.07, 6.45) is 0.103. The number of carboxylic acid groups (broad SMARTS) is 1. The molecule has 1 fully saturated rings. The molecule has 0 unspecified atom stereocenters. The molecule has 5 heteroatoms. The second kappa shape index (κ2) is 4.30. The van der Waals surface area contributed by atoms with Crippen LogP contribution in [0.3, 0.4) is 0 Å². The van der Waals surface area contributed by atoms with E-state index < -0.39 is 11.4 Å². The first-order valence-corrected chi connectivity index (χ1v) is 6.38. The van der Waals surface area contributed by atoms with E-state index in [2.05, 4.69) is 5.10 Å². The van der Waals surface area contributed by atoms with Crippen molar-refractivity contribution in [1.82, 2.24) is 9.78 Å². The largest absolute Gasteiger partial charge is 0.481 e. The van der Waals surface area contributed by atoms with Gasteiger partial charge in [-0.2, -0.15) is 5.10 Å². The summed E-state index contributed by atoms with van der Waals surface area (Å²) in [4.78, 5) is 22.8. The first-order chi connectivity index (χ1) is 9.53. The molecular formula is C15H14N2O3. The fourth-order valence-electron chi connectivity index (χ4n) is 2.73. The minimum absolute atomic E-state index is 0.0186. The second-order valence-corrected chi connectivity index (χ2v) is 5.18. The number of Topliss-reactive ketones (excluding diaryl/α,β-unsaturated/α-hetero) is 1. The minimum atomic E-state index is -1.11. The summed E-state index contributed by atoms with van der Waals surface area (Å²) in [6.45, 7) is 0. The fourth-order valence-corrected chi connectivity index (χ4v) is 2.73. The Balaban J connectivity index is 2.06. The molecule has 1 saturated carbocycles. The molecule has 1 aliphatic rings. The fraction of sp³-hybridized carbons (Fsp3) is 0.267. The van der Waals surface area contributed by atoms with Gasteiger partial charge in [-0.25, -0.2) is 0 Å². The molecule has 2 aromatic rings. The van der Waals surface area contributed by atoms with E-state index in [1.54, 1.807) is 17.8 Å². The molecule has 0 saturated heterocycles. The number of carbonyl (C=O) groups excluding carboxylic acids is 1. The summed E-state index contributed by atoms with van der Waals surface area (Å²) < 4.78 is 1.57. The van der Waals surface area contributed by atoms with Crippen molar-refractivity contribution < 1.29 is 14.7 Å². The lowest BCUT2D eigenvalue weighted by atomic mass is 9.65. The van der Waals surface area contributed by atoms with Crippen LogP contribution in [0.1, 0.15) is 18.5 Å². The molecule has 0 atom stereocenters. The maximum Gasteiger partial charge on any atom is 0.316 e. The van der Waals surface area contributed by atoms with Crippen LogP contribution >= 0.6 is 0 Å². The first kappa shape index (κ1) is 12.6. The highest BCUT2D eigenvalue weighted by atomic mass is 16.4. The van der Waals surface area contributed by atoms with Crippen LogP contribution in [0, 0.1) is 0 Å². The zero-order chi connectivity index (χ0) is 14.3. The van der Waals surface area contributed by atoms with E-state index in [0.717, 1.165) is 11.3 Å². The summed E-state index contributed by atoms with van der Waals surface area (Å²) in [5, 5.41) is 13.8. The average Bonchev–Trinajstić information content (AvgIpc) is 2.78. The van der Waals surface area contributed by atoms with Gasteiger partial charge in [0.05, 0.1) is 11.4 Å². The zero-order valence-corrected chi connectivity index (χ0v) is 11.0. The highest BCUT2D eigenvalue weighted by Gasteiger charge is 2.53. The second-order valence-electron chi connectivity index (χ2n) is 5.18. The van der Waals surface area contributed by atoms with Gasteiger partial charge >= 0.3 is 5.97 Å². The molecule has 0 bridgehead atoms. The number of rotatable bonds is 3. The number of aromatic nitrogens is 2. The Kier molecular flexibility index (Phi) is 2.71. The van der Waals surface area contributed by atoms with E-state index in [0.29, 0.717) is 5.69 Å². The standard InChI is InChI=1S/C15H14N2O3/c1-17-13(15(14(19)20)8-11(18)9-15)7-12(16-17)10-5-3-2-4-6-10/h2-7H,8-9H2,1H3,(H,19,20). The third-order valence-electron chi connectivity index (χ3n) is 3.85. The smallest absolute Gasteiger partial charge is 0.316 e. The lowest BCUT2D eigenvalue weighted by molar-refractivity contribution is -0.153. The van der Waals surface area contributed by atoms with Gasteiger partial charge in [0.2, 0.25) is 0 Å². The molecular weight excluding hydrogens is 256 g/mol. The van der Waals surface area contributed by atoms with Crippen molar-refractivity contribution in [2.45, 2.75) is 18.3 Å². The number of aliphatic carboxylic acids is 1. The molecule has 0 amide bonds. The molecule has 1 aromatic carbocycles. The number of hydrogen-bond acceptors (Lipinski definition) is 3. The summed E-state index contributed by atoms with van der Waals surface area (Å²) in [7, 11) is 1.72. The van der Waals surface area contributed by atoms with Crippen molar-refractivity contribution in [3.8, 4) is 11.3 Å². The Hall–Kier alpha value is -2.43. The van der Waals surface area contributed by atoms with Crippen molar-refractivity contribution in [2.24, 2.45) is 7.05 Å². The van der Waals surface area contributed by atoms with Gasteiger partial charge in [0.1, 0.15) is 11.2 Å². The maximum atomic E-state index is 11.6. The molecule has 20 heavy (non-hydrogen) atoms. The third-order valence-corrected chi connectivity index (χ3v) is 3.85. The zero-order valence-electron chi connectivity index (χ0n) is 11.0. The Bertz CT molecular complexity index is 680. The Morgan fingerprint density at radius 2 is 1.95 bits per heavy atom. The molecule has 1 heterocycles. The monoisotopic (exact) mass is 270 g/mol. The van der Waals surface area contributed by atoms with Crippen molar-refractivity contribution in [3.05, 3.63) is 42.1 Å². The normalized spacial score (nSPS) is 16.8. The average molecular weight is 270 g/mol. The number of ketones is 1. The molecule has 0 aliphatic heterocycles. The van der Waals surface area contributed by atoms with E-state index >= 15 is 0 Å². The van der Waals surface area contributed by atoms with Crippen LogP contribution < -0.4 is 0 Å². The lowest BCUT2D eigenvalue weighted by Crippen LogP contribution is -2.49. The summed E-state index contributed by atoms with van der Waals surface area (Å²) in [5.41, 5.74) is 1.14. The van der Waals surface area contributed by atoms with Crippen molar-refractivity contribution in [2.75, 3.05) is 0 Å². The van der Waals surface area contributed by atoms with Gasteiger partial charge in [-0.05, 0) is 6.07 Å². The van der Waals surface area contributed by atoms with Crippen LogP contribution in [-0.4, -0.2) is 26.6 Å². The molecule has 1 aliphatic carbocycles. The molecule has 3 rings (SSSR count). The molecule has 5 nitrogen and oxygen atoms in total. The highest BCUT2D eigenvalue weighted by molar-refractivity contribution is 6.01. The molecule has 1 N–H and O–H groups in total. The first-order valence-electron chi connectivity index (χ1n) is 6.38. The number of nitrogens with zero attached hydrogens (tertiary/aromatic N) is 2. The summed E-state index contributed by atoms with van der Waals surface area (Å²) in [6, 6.07) is 11.3. The predicted molar refractivity (Wildman–Crippen MR) is 72.2 cm³/mol. The SMILES string of the molecule is Cn1nc(-c2ccccc2)cc1C1(C(=O)O)CC(=O)C1. The number of carboxylic acids is 1. The molecule has 1 aromatic heterocycles. The topological polar surface area (TPSA) is 72.2 Å². The van der Waals surface area contributed by atoms with Gasteiger partial charge in [-0.1, -0.05) is 30.3 Å². The number of benzene rings is 1. The van der Waals surface area contributed by atoms with Crippen LogP contribution in [0.5, 0.6) is 0 Å². The Morgan fingerprint density at radius 1 is 1.30 bits per heavy atom. The van der Waals surface area contributed by atoms with E-state index in [-0.39, 0.29) is 18.6 Å². The summed E-state index contributed by atoms with van der Waals surface area (Å²) >= 11 is 0. The van der Waals surface area contributed by atoms with Crippen LogP contribution in [0.15, 0.2) is 36.4 Å². The lowest BCUT2D eigenvalue weighted by Gasteiger charge is -2.35. The van der Waals surface area contributed by atoms with Crippen molar-refractivity contribution >= 4 is 11.8 Å². The van der Waals surface area contributed by atoms with Crippen LogP contribution in [-0.2, 0) is 22.1 Å².